The molecule has 1 aromatic heterocycles. The highest BCUT2D eigenvalue weighted by Gasteiger charge is 2.48. The highest BCUT2D eigenvalue weighted by Crippen LogP contribution is 2.40. The maximum absolute atomic E-state index is 12.7. The summed E-state index contributed by atoms with van der Waals surface area (Å²) in [6, 6.07) is 0. The molecule has 2 aliphatic rings. The third-order valence-corrected chi connectivity index (χ3v) is 4.77. The van der Waals surface area contributed by atoms with Crippen LogP contribution in [0.25, 0.3) is 0 Å². The fourth-order valence-corrected chi connectivity index (χ4v) is 3.69. The zero-order chi connectivity index (χ0) is 16.3. The van der Waals surface area contributed by atoms with Gasteiger partial charge in [0.15, 0.2) is 5.82 Å². The molecule has 3 heterocycles. The van der Waals surface area contributed by atoms with Crippen molar-refractivity contribution in [1.29, 1.82) is 0 Å². The maximum Gasteiger partial charge on any atom is 0.240 e. The number of aliphatic hydroxyl groups is 1. The Bertz CT molecular complexity index is 547. The van der Waals surface area contributed by atoms with Gasteiger partial charge >= 0.3 is 0 Å². The Hall–Kier alpha value is -1.51. The lowest BCUT2D eigenvalue weighted by atomic mass is 9.78. The Morgan fingerprint density at radius 3 is 3.04 bits per heavy atom. The van der Waals surface area contributed by atoms with Gasteiger partial charge in [-0.3, -0.25) is 9.69 Å². The first kappa shape index (κ1) is 16.4. The highest BCUT2D eigenvalue weighted by atomic mass is 16.5. The van der Waals surface area contributed by atoms with E-state index in [2.05, 4.69) is 15.0 Å². The fraction of sp³-hybridized carbons (Fsp3) is 0.800. The minimum Gasteiger partial charge on any atom is -0.395 e. The Labute approximate surface area is 135 Å². The molecule has 1 spiro atoms. The molecule has 1 N–H and O–H groups in total. The Kier molecular flexibility index (Phi) is 4.93. The molecule has 8 nitrogen and oxygen atoms in total. The van der Waals surface area contributed by atoms with Crippen molar-refractivity contribution in [2.24, 2.45) is 5.41 Å². The number of aromatic nitrogens is 2. The number of carbonyl (C=O) groups is 1. The van der Waals surface area contributed by atoms with Gasteiger partial charge < -0.3 is 19.3 Å². The topological polar surface area (TPSA) is 91.9 Å². The number of amides is 1. The van der Waals surface area contributed by atoms with E-state index in [9.17, 15) is 4.79 Å². The van der Waals surface area contributed by atoms with E-state index < -0.39 is 0 Å². The second kappa shape index (κ2) is 6.94. The van der Waals surface area contributed by atoms with Crippen LogP contribution in [0.2, 0.25) is 0 Å². The predicted molar refractivity (Wildman–Crippen MR) is 80.2 cm³/mol. The molecule has 2 aliphatic heterocycles. The molecular formula is C15H24N4O4. The normalized spacial score (nSPS) is 25.7. The standard InChI is InChI=1S/C15H24N4O4/c1-22-10-12-16-13(23-17-12)9-18-6-4-15(11-18)3-2-5-19(7-8-20)14(15)21/h20H,2-11H2,1H3/t15-/m0/s1. The number of nitrogens with zero attached hydrogens (tertiary/aromatic N) is 4. The zero-order valence-electron chi connectivity index (χ0n) is 13.5. The largest absolute Gasteiger partial charge is 0.395 e. The molecule has 0 bridgehead atoms. The second-order valence-corrected chi connectivity index (χ2v) is 6.40. The van der Waals surface area contributed by atoms with E-state index in [1.165, 1.54) is 0 Å². The van der Waals surface area contributed by atoms with E-state index in [1.54, 1.807) is 12.0 Å². The summed E-state index contributed by atoms with van der Waals surface area (Å²) < 4.78 is 10.2. The number of β-amino-alcohol motifs (C(OH)–C–C–N with tert-alkyl or cyclic N) is 1. The molecule has 0 saturated carbocycles. The lowest BCUT2D eigenvalue weighted by molar-refractivity contribution is -0.146. The van der Waals surface area contributed by atoms with E-state index in [0.717, 1.165) is 38.9 Å². The molecule has 1 aromatic rings. The van der Waals surface area contributed by atoms with E-state index in [1.807, 2.05) is 0 Å². The number of ether oxygens (including phenoxy) is 1. The van der Waals surface area contributed by atoms with E-state index in [4.69, 9.17) is 14.4 Å². The number of piperidine rings is 1. The van der Waals surface area contributed by atoms with Crippen LogP contribution >= 0.6 is 0 Å². The van der Waals surface area contributed by atoms with Gasteiger partial charge in [0, 0.05) is 26.7 Å². The highest BCUT2D eigenvalue weighted by molar-refractivity contribution is 5.84. The van der Waals surface area contributed by atoms with Gasteiger partial charge in [0.2, 0.25) is 11.8 Å². The zero-order valence-corrected chi connectivity index (χ0v) is 13.5. The average molecular weight is 324 g/mol. The summed E-state index contributed by atoms with van der Waals surface area (Å²) in [5.41, 5.74) is -0.303. The van der Waals surface area contributed by atoms with Crippen molar-refractivity contribution in [2.45, 2.75) is 32.4 Å². The Morgan fingerprint density at radius 2 is 2.26 bits per heavy atom. The van der Waals surface area contributed by atoms with Crippen LogP contribution in [0.3, 0.4) is 0 Å². The first-order valence-electron chi connectivity index (χ1n) is 8.10. The van der Waals surface area contributed by atoms with Crippen LogP contribution in [0.1, 0.15) is 31.0 Å². The summed E-state index contributed by atoms with van der Waals surface area (Å²) in [6.07, 6.45) is 2.77. The van der Waals surface area contributed by atoms with Gasteiger partial charge in [-0.2, -0.15) is 4.98 Å². The van der Waals surface area contributed by atoms with Crippen molar-refractivity contribution in [1.82, 2.24) is 19.9 Å². The van der Waals surface area contributed by atoms with Crippen LogP contribution in [0, 0.1) is 5.41 Å². The number of methoxy groups -OCH3 is 1. The summed E-state index contributed by atoms with van der Waals surface area (Å²) in [7, 11) is 1.59. The maximum atomic E-state index is 12.7. The first-order chi connectivity index (χ1) is 11.2. The van der Waals surface area contributed by atoms with E-state index in [0.29, 0.717) is 31.4 Å². The van der Waals surface area contributed by atoms with E-state index >= 15 is 0 Å². The molecule has 1 amide bonds. The van der Waals surface area contributed by atoms with Crippen molar-refractivity contribution in [3.05, 3.63) is 11.7 Å². The van der Waals surface area contributed by atoms with Crippen molar-refractivity contribution < 1.29 is 19.2 Å². The summed E-state index contributed by atoms with van der Waals surface area (Å²) in [5.74, 6) is 1.29. The lowest BCUT2D eigenvalue weighted by Crippen LogP contribution is -2.50. The van der Waals surface area contributed by atoms with Gasteiger partial charge in [-0.1, -0.05) is 5.16 Å². The van der Waals surface area contributed by atoms with E-state index in [-0.39, 0.29) is 17.9 Å². The molecule has 3 rings (SSSR count). The summed E-state index contributed by atoms with van der Waals surface area (Å²) in [6.45, 7) is 3.68. The number of aliphatic hydroxyl groups excluding tert-OH is 1. The molecule has 0 unspecified atom stereocenters. The molecule has 1 atom stereocenters. The molecular weight excluding hydrogens is 300 g/mol. The lowest BCUT2D eigenvalue weighted by Gasteiger charge is -2.39. The van der Waals surface area contributed by atoms with Crippen molar-refractivity contribution >= 4 is 5.91 Å². The van der Waals surface area contributed by atoms with Gasteiger partial charge in [-0.05, 0) is 25.8 Å². The molecule has 0 radical (unpaired) electrons. The Morgan fingerprint density at radius 1 is 1.39 bits per heavy atom. The van der Waals surface area contributed by atoms with Crippen LogP contribution in [0.4, 0.5) is 0 Å². The predicted octanol–water partition coefficient (Wildman–Crippen LogP) is 0.0228. The molecule has 0 aliphatic carbocycles. The molecule has 0 aromatic carbocycles. The van der Waals surface area contributed by atoms with Crippen molar-refractivity contribution in [3.8, 4) is 0 Å². The van der Waals surface area contributed by atoms with Crippen LogP contribution in [-0.4, -0.2) is 70.8 Å². The number of likely N-dealkylation sites (tertiary alicyclic amines) is 2. The quantitative estimate of drug-likeness (QED) is 0.789. The average Bonchev–Trinajstić information content (AvgIpc) is 3.14. The molecule has 2 fully saturated rings. The third-order valence-electron chi connectivity index (χ3n) is 4.77. The molecule has 8 heteroatoms. The minimum atomic E-state index is -0.303. The number of rotatable bonds is 6. The van der Waals surface area contributed by atoms with Gasteiger partial charge in [0.1, 0.15) is 6.61 Å². The van der Waals surface area contributed by atoms with Crippen molar-refractivity contribution in [3.63, 3.8) is 0 Å². The number of hydrogen-bond donors (Lipinski definition) is 1. The molecule has 128 valence electrons. The van der Waals surface area contributed by atoms with Crippen LogP contribution in [0.15, 0.2) is 4.52 Å². The van der Waals surface area contributed by atoms with Gasteiger partial charge in [-0.25, -0.2) is 0 Å². The monoisotopic (exact) mass is 324 g/mol. The summed E-state index contributed by atoms with van der Waals surface area (Å²) in [5, 5.41) is 13.0. The van der Waals surface area contributed by atoms with Gasteiger partial charge in [0.05, 0.1) is 18.6 Å². The Balaban J connectivity index is 1.61. The van der Waals surface area contributed by atoms with Crippen molar-refractivity contribution in [2.75, 3.05) is 39.9 Å². The van der Waals surface area contributed by atoms with Crippen LogP contribution < -0.4 is 0 Å². The van der Waals surface area contributed by atoms with Crippen LogP contribution in [0.5, 0.6) is 0 Å². The summed E-state index contributed by atoms with van der Waals surface area (Å²) in [4.78, 5) is 21.0. The molecule has 23 heavy (non-hydrogen) atoms. The van der Waals surface area contributed by atoms with Gasteiger partial charge in [-0.15, -0.1) is 0 Å². The second-order valence-electron chi connectivity index (χ2n) is 6.40. The summed E-state index contributed by atoms with van der Waals surface area (Å²) >= 11 is 0. The smallest absolute Gasteiger partial charge is 0.240 e. The minimum absolute atomic E-state index is 0.0236. The third kappa shape index (κ3) is 3.39. The number of hydrogen-bond acceptors (Lipinski definition) is 7. The SMILES string of the molecule is COCc1noc(CN2CC[C@@]3(CCCN(CCO)C3=O)C2)n1. The fourth-order valence-electron chi connectivity index (χ4n) is 3.69. The molecule has 2 saturated heterocycles. The van der Waals surface area contributed by atoms with Crippen LogP contribution in [-0.2, 0) is 22.7 Å². The first-order valence-corrected chi connectivity index (χ1v) is 8.10. The number of carbonyl (C=O) groups excluding carboxylic acids is 1. The van der Waals surface area contributed by atoms with Gasteiger partial charge in [0.25, 0.3) is 0 Å².